The summed E-state index contributed by atoms with van der Waals surface area (Å²) in [5, 5.41) is 0.354. The van der Waals surface area contributed by atoms with Gasteiger partial charge >= 0.3 is 0 Å². The molecule has 0 spiro atoms. The van der Waals surface area contributed by atoms with E-state index < -0.39 is 17.2 Å². The third kappa shape index (κ3) is 4.11. The van der Waals surface area contributed by atoms with Gasteiger partial charge in [-0.3, -0.25) is 14.8 Å². The monoisotopic (exact) mass is 535 g/mol. The number of hydrogen-bond donors (Lipinski definition) is 1. The lowest BCUT2D eigenvalue weighted by atomic mass is 9.67. The van der Waals surface area contributed by atoms with Crippen LogP contribution in [0.15, 0.2) is 53.9 Å². The standard InChI is InChI=1S/C28H27F2N5O2S/c1-37-25-21-12-28(23-3-2-19(29)11-24(23)30)18(15-38-27(31)34-28)10-20(21)22(13-33-25)26(36)35-9-6-17(14-35)16-4-7-32-8-5-16/h2-5,7-8,11,13,17-18H,6,9-10,12,14-15H2,1H3,(H2,31,34)/t17?,18-,28-/m0/s1. The van der Waals surface area contributed by atoms with E-state index in [-0.39, 0.29) is 29.7 Å². The Morgan fingerprint density at radius 3 is 2.79 bits per heavy atom. The maximum absolute atomic E-state index is 15.2. The number of hydrogen-bond acceptors (Lipinski definition) is 7. The summed E-state index contributed by atoms with van der Waals surface area (Å²) in [5.74, 6) is -0.322. The number of pyridine rings is 2. The van der Waals surface area contributed by atoms with Gasteiger partial charge in [0.1, 0.15) is 11.6 Å². The van der Waals surface area contributed by atoms with E-state index in [1.165, 1.54) is 36.6 Å². The van der Waals surface area contributed by atoms with E-state index in [9.17, 15) is 9.18 Å². The molecule has 7 nitrogen and oxygen atoms in total. The van der Waals surface area contributed by atoms with Crippen molar-refractivity contribution in [2.75, 3.05) is 26.0 Å². The number of thioether (sulfide) groups is 1. The molecule has 38 heavy (non-hydrogen) atoms. The predicted molar refractivity (Wildman–Crippen MR) is 141 cm³/mol. The van der Waals surface area contributed by atoms with Crippen molar-refractivity contribution >= 4 is 22.8 Å². The van der Waals surface area contributed by atoms with E-state index in [1.54, 1.807) is 18.6 Å². The fourth-order valence-corrected chi connectivity index (χ4v) is 7.15. The van der Waals surface area contributed by atoms with Crippen molar-refractivity contribution in [2.45, 2.75) is 30.7 Å². The number of halogens is 2. The van der Waals surface area contributed by atoms with Gasteiger partial charge in [0.05, 0.1) is 18.2 Å². The Morgan fingerprint density at radius 1 is 1.21 bits per heavy atom. The van der Waals surface area contributed by atoms with Crippen molar-refractivity contribution in [3.8, 4) is 5.88 Å². The molecule has 1 unspecified atom stereocenters. The number of rotatable bonds is 4. The zero-order valence-electron chi connectivity index (χ0n) is 20.9. The molecule has 3 aromatic rings. The van der Waals surface area contributed by atoms with Gasteiger partial charge in [-0.25, -0.2) is 13.8 Å². The van der Waals surface area contributed by atoms with Crippen molar-refractivity contribution in [1.82, 2.24) is 14.9 Å². The average Bonchev–Trinajstić information content (AvgIpc) is 3.42. The lowest BCUT2D eigenvalue weighted by Crippen LogP contribution is -2.47. The molecule has 1 amide bonds. The third-order valence-corrected chi connectivity index (χ3v) is 9.00. The van der Waals surface area contributed by atoms with Crippen LogP contribution in [0, 0.1) is 17.6 Å². The molecule has 1 saturated heterocycles. The molecule has 2 N–H and O–H groups in total. The highest BCUT2D eigenvalue weighted by atomic mass is 32.2. The van der Waals surface area contributed by atoms with Gasteiger partial charge in [-0.05, 0) is 42.2 Å². The molecule has 10 heteroatoms. The van der Waals surface area contributed by atoms with Crippen molar-refractivity contribution in [3.63, 3.8) is 0 Å². The summed E-state index contributed by atoms with van der Waals surface area (Å²) in [5.41, 5.74) is 8.69. The maximum atomic E-state index is 15.2. The van der Waals surface area contributed by atoms with Crippen molar-refractivity contribution in [3.05, 3.63) is 88.4 Å². The van der Waals surface area contributed by atoms with Crippen LogP contribution in [-0.2, 0) is 18.4 Å². The highest BCUT2D eigenvalue weighted by Crippen LogP contribution is 2.50. The van der Waals surface area contributed by atoms with Crippen molar-refractivity contribution < 1.29 is 18.3 Å². The number of amidine groups is 1. The fourth-order valence-electron chi connectivity index (χ4n) is 6.16. The highest BCUT2D eigenvalue weighted by Gasteiger charge is 2.50. The number of ether oxygens (including phenoxy) is 1. The molecule has 1 aromatic carbocycles. The molecule has 6 rings (SSSR count). The molecule has 2 aromatic heterocycles. The zero-order chi connectivity index (χ0) is 26.4. The fraction of sp³-hybridized carbons (Fsp3) is 0.357. The number of methoxy groups -OCH3 is 1. The van der Waals surface area contributed by atoms with E-state index in [0.717, 1.165) is 18.1 Å². The first-order valence-corrected chi connectivity index (χ1v) is 13.6. The van der Waals surface area contributed by atoms with Gasteiger partial charge in [0.15, 0.2) is 5.17 Å². The molecule has 0 bridgehead atoms. The van der Waals surface area contributed by atoms with Crippen LogP contribution < -0.4 is 10.5 Å². The number of nitrogens with two attached hydrogens (primary N) is 1. The molecule has 0 saturated carbocycles. The summed E-state index contributed by atoms with van der Waals surface area (Å²) in [6, 6.07) is 7.57. The Balaban J connectivity index is 1.40. The zero-order valence-corrected chi connectivity index (χ0v) is 21.7. The Morgan fingerprint density at radius 2 is 2.03 bits per heavy atom. The molecule has 1 aliphatic carbocycles. The number of likely N-dealkylation sites (tertiary alicyclic amines) is 1. The SMILES string of the molecule is COc1ncc(C(=O)N2CCC(c3ccncc3)C2)c2c1C[C@]1(c3ccc(F)cc3F)N=C(N)SC[C@@H]1C2. The summed E-state index contributed by atoms with van der Waals surface area (Å²) in [6.07, 6.45) is 6.74. The molecule has 1 fully saturated rings. The summed E-state index contributed by atoms with van der Waals surface area (Å²) in [7, 11) is 1.52. The summed E-state index contributed by atoms with van der Waals surface area (Å²) < 4.78 is 34.6. The highest BCUT2D eigenvalue weighted by molar-refractivity contribution is 8.13. The molecular weight excluding hydrogens is 508 g/mol. The first-order chi connectivity index (χ1) is 18.4. The summed E-state index contributed by atoms with van der Waals surface area (Å²) in [6.45, 7) is 1.27. The largest absolute Gasteiger partial charge is 0.481 e. The molecule has 3 aliphatic rings. The maximum Gasteiger partial charge on any atom is 0.255 e. The topological polar surface area (TPSA) is 93.7 Å². The van der Waals surface area contributed by atoms with Crippen molar-refractivity contribution in [2.24, 2.45) is 16.6 Å². The lowest BCUT2D eigenvalue weighted by Gasteiger charge is -2.45. The van der Waals surface area contributed by atoms with E-state index in [4.69, 9.17) is 15.5 Å². The molecule has 4 heterocycles. The molecule has 196 valence electrons. The number of aromatic nitrogens is 2. The number of fused-ring (bicyclic) bond motifs is 2. The van der Waals surface area contributed by atoms with Crippen LogP contribution in [0.3, 0.4) is 0 Å². The van der Waals surface area contributed by atoms with E-state index in [1.807, 2.05) is 17.0 Å². The van der Waals surface area contributed by atoms with E-state index >= 15 is 4.39 Å². The van der Waals surface area contributed by atoms with Crippen LogP contribution in [-0.4, -0.2) is 51.9 Å². The molecular formula is C28H27F2N5O2S. The van der Waals surface area contributed by atoms with Gasteiger partial charge in [0.2, 0.25) is 5.88 Å². The van der Waals surface area contributed by atoms with Gasteiger partial charge in [0, 0.05) is 72.9 Å². The number of aliphatic imine (C=N–C) groups is 1. The second-order valence-electron chi connectivity index (χ2n) is 10.0. The van der Waals surface area contributed by atoms with Crippen LogP contribution in [0.5, 0.6) is 5.88 Å². The second kappa shape index (κ2) is 9.65. The average molecular weight is 536 g/mol. The van der Waals surface area contributed by atoms with Crippen LogP contribution in [0.1, 0.15) is 45.0 Å². The Hall–Kier alpha value is -3.53. The van der Waals surface area contributed by atoms with E-state index in [2.05, 4.69) is 9.97 Å². The molecule has 2 aliphatic heterocycles. The minimum absolute atomic E-state index is 0.0695. The summed E-state index contributed by atoms with van der Waals surface area (Å²) in [4.78, 5) is 29.1. The van der Waals surface area contributed by atoms with Crippen LogP contribution in [0.25, 0.3) is 0 Å². The lowest BCUT2D eigenvalue weighted by molar-refractivity contribution is 0.0787. The van der Waals surface area contributed by atoms with Crippen LogP contribution in [0.4, 0.5) is 8.78 Å². The quantitative estimate of drug-likeness (QED) is 0.542. The Bertz CT molecular complexity index is 1440. The van der Waals surface area contributed by atoms with Gasteiger partial charge < -0.3 is 15.4 Å². The number of amides is 1. The normalized spacial score (nSPS) is 24.4. The van der Waals surface area contributed by atoms with E-state index in [0.29, 0.717) is 47.4 Å². The smallest absolute Gasteiger partial charge is 0.255 e. The first-order valence-electron chi connectivity index (χ1n) is 12.6. The molecule has 0 radical (unpaired) electrons. The number of benzene rings is 1. The second-order valence-corrected chi connectivity index (χ2v) is 11.1. The Kier molecular flexibility index (Phi) is 6.29. The number of carbonyl (C=O) groups is 1. The number of carbonyl (C=O) groups excluding carboxylic acids is 1. The van der Waals surface area contributed by atoms with Gasteiger partial charge in [0.25, 0.3) is 5.91 Å². The minimum Gasteiger partial charge on any atom is -0.481 e. The van der Waals surface area contributed by atoms with Gasteiger partial charge in [-0.1, -0.05) is 17.8 Å². The minimum atomic E-state index is -1.04. The third-order valence-electron chi connectivity index (χ3n) is 8.05. The van der Waals surface area contributed by atoms with Crippen LogP contribution in [0.2, 0.25) is 0 Å². The first kappa shape index (κ1) is 24.8. The summed E-state index contributed by atoms with van der Waals surface area (Å²) >= 11 is 1.41. The van der Waals surface area contributed by atoms with Gasteiger partial charge in [-0.15, -0.1) is 0 Å². The van der Waals surface area contributed by atoms with Crippen LogP contribution >= 0.6 is 11.8 Å². The number of nitrogens with zero attached hydrogens (tertiary/aromatic N) is 4. The van der Waals surface area contributed by atoms with Gasteiger partial charge in [-0.2, -0.15) is 0 Å². The Labute approximate surface area is 223 Å². The molecule has 3 atom stereocenters. The predicted octanol–water partition coefficient (Wildman–Crippen LogP) is 4.06. The van der Waals surface area contributed by atoms with Crippen molar-refractivity contribution in [1.29, 1.82) is 0 Å².